The number of carboxylic acid groups (broad SMARTS) is 1. The van der Waals surface area contributed by atoms with Crippen molar-refractivity contribution in [2.75, 3.05) is 53.1 Å². The summed E-state index contributed by atoms with van der Waals surface area (Å²) in [5.74, 6) is -3.84. The third kappa shape index (κ3) is 13.2. The van der Waals surface area contributed by atoms with Gasteiger partial charge in [-0.2, -0.15) is 0 Å². The number of hydrogen-bond donors (Lipinski definition) is 2. The van der Waals surface area contributed by atoms with Crippen molar-refractivity contribution >= 4 is 30.0 Å². The molecule has 1 rings (SSSR count). The third-order valence-electron chi connectivity index (χ3n) is 4.41. The minimum Gasteiger partial charge on any atom is -0.479 e. The first-order valence-electron chi connectivity index (χ1n) is 11.0. The van der Waals surface area contributed by atoms with E-state index in [1.165, 1.54) is 21.0 Å². The van der Waals surface area contributed by atoms with E-state index in [9.17, 15) is 24.0 Å². The van der Waals surface area contributed by atoms with Crippen LogP contribution in [-0.2, 0) is 49.5 Å². The Hall–Kier alpha value is -3.71. The highest BCUT2D eigenvalue weighted by Gasteiger charge is 2.34. The third-order valence-corrected chi connectivity index (χ3v) is 4.41. The molecule has 0 saturated carbocycles. The molecular formula is C23H32N2O11. The van der Waals surface area contributed by atoms with Crippen LogP contribution in [0.4, 0.5) is 4.79 Å². The zero-order valence-electron chi connectivity index (χ0n) is 20.5. The van der Waals surface area contributed by atoms with Crippen molar-refractivity contribution in [3.8, 4) is 0 Å². The van der Waals surface area contributed by atoms with Gasteiger partial charge >= 0.3 is 30.0 Å². The SMILES string of the molecule is COCCN(CCOC(=O)CNC(=O)OCc1ccccc1)CC(=O)OC(C)(C)C(=O)OCC(=O)O. The van der Waals surface area contributed by atoms with Gasteiger partial charge in [0.25, 0.3) is 0 Å². The first-order valence-corrected chi connectivity index (χ1v) is 11.0. The standard InChI is InChI=1S/C23H32N2O11/c1-23(2,21(30)34-16-18(26)27)36-20(29)14-25(9-11-32-3)10-12-33-19(28)13-24-22(31)35-15-17-7-5-4-6-8-17/h4-8H,9-16H2,1-3H3,(H,24,31)(H,26,27). The maximum atomic E-state index is 12.3. The summed E-state index contributed by atoms with van der Waals surface area (Å²) >= 11 is 0. The molecule has 0 fully saturated rings. The minimum atomic E-state index is -1.70. The van der Waals surface area contributed by atoms with E-state index < -0.39 is 48.7 Å². The molecule has 0 aromatic heterocycles. The first-order chi connectivity index (χ1) is 17.0. The van der Waals surface area contributed by atoms with Crippen LogP contribution >= 0.6 is 0 Å². The van der Waals surface area contributed by atoms with Crippen LogP contribution in [0.15, 0.2) is 30.3 Å². The normalized spacial score (nSPS) is 10.9. The number of aliphatic carboxylic acids is 1. The van der Waals surface area contributed by atoms with Gasteiger partial charge in [-0.1, -0.05) is 30.3 Å². The average molecular weight is 513 g/mol. The van der Waals surface area contributed by atoms with Crippen LogP contribution in [0.2, 0.25) is 0 Å². The van der Waals surface area contributed by atoms with E-state index in [-0.39, 0.29) is 39.5 Å². The number of alkyl carbamates (subject to hydrolysis) is 1. The molecule has 0 unspecified atom stereocenters. The van der Waals surface area contributed by atoms with Crippen LogP contribution in [0.5, 0.6) is 0 Å². The highest BCUT2D eigenvalue weighted by Crippen LogP contribution is 2.12. The second kappa shape index (κ2) is 16.1. The lowest BCUT2D eigenvalue weighted by molar-refractivity contribution is -0.181. The Balaban J connectivity index is 2.40. The Kier molecular flexibility index (Phi) is 13.5. The topological polar surface area (TPSA) is 167 Å². The van der Waals surface area contributed by atoms with Crippen LogP contribution in [-0.4, -0.2) is 98.7 Å². The maximum absolute atomic E-state index is 12.3. The lowest BCUT2D eigenvalue weighted by atomic mass is 10.1. The van der Waals surface area contributed by atoms with E-state index in [1.807, 2.05) is 6.07 Å². The Bertz CT molecular complexity index is 874. The number of carbonyl (C=O) groups excluding carboxylic acids is 4. The number of hydrogen-bond acceptors (Lipinski definition) is 11. The zero-order chi connectivity index (χ0) is 27.0. The number of rotatable bonds is 16. The second-order valence-electron chi connectivity index (χ2n) is 7.86. The van der Waals surface area contributed by atoms with Gasteiger partial charge < -0.3 is 34.1 Å². The van der Waals surface area contributed by atoms with Crippen LogP contribution in [0.3, 0.4) is 0 Å². The summed E-state index contributed by atoms with van der Waals surface area (Å²) < 4.78 is 24.8. The maximum Gasteiger partial charge on any atom is 0.407 e. The van der Waals surface area contributed by atoms with Gasteiger partial charge in [0, 0.05) is 20.2 Å². The fraction of sp³-hybridized carbons (Fsp3) is 0.522. The largest absolute Gasteiger partial charge is 0.479 e. The van der Waals surface area contributed by atoms with E-state index in [4.69, 9.17) is 24.1 Å². The highest BCUT2D eigenvalue weighted by atomic mass is 16.6. The van der Waals surface area contributed by atoms with Crippen molar-refractivity contribution in [2.24, 2.45) is 0 Å². The number of carbonyl (C=O) groups is 5. The van der Waals surface area contributed by atoms with Crippen LogP contribution in [0.1, 0.15) is 19.4 Å². The molecular weight excluding hydrogens is 480 g/mol. The molecule has 0 radical (unpaired) electrons. The molecule has 200 valence electrons. The number of nitrogens with zero attached hydrogens (tertiary/aromatic N) is 1. The van der Waals surface area contributed by atoms with Crippen molar-refractivity contribution in [2.45, 2.75) is 26.1 Å². The Labute approximate surface area is 208 Å². The van der Waals surface area contributed by atoms with Crippen LogP contribution in [0.25, 0.3) is 0 Å². The molecule has 13 nitrogen and oxygen atoms in total. The molecule has 0 heterocycles. The molecule has 0 aliphatic heterocycles. The number of carboxylic acids is 1. The molecule has 0 aliphatic rings. The van der Waals surface area contributed by atoms with Crippen molar-refractivity contribution < 1.29 is 52.8 Å². The minimum absolute atomic E-state index is 0.0559. The summed E-state index contributed by atoms with van der Waals surface area (Å²) in [6, 6.07) is 9.03. The molecule has 0 aliphatic carbocycles. The summed E-state index contributed by atoms with van der Waals surface area (Å²) in [4.78, 5) is 60.0. The summed E-state index contributed by atoms with van der Waals surface area (Å²) in [6.45, 7) is 1.67. The van der Waals surface area contributed by atoms with Gasteiger partial charge in [-0.15, -0.1) is 0 Å². The van der Waals surface area contributed by atoms with Gasteiger partial charge in [0.15, 0.2) is 6.61 Å². The van der Waals surface area contributed by atoms with Crippen molar-refractivity contribution in [1.29, 1.82) is 0 Å². The van der Waals surface area contributed by atoms with E-state index >= 15 is 0 Å². The van der Waals surface area contributed by atoms with Gasteiger partial charge in [-0.25, -0.2) is 14.4 Å². The predicted octanol–water partition coefficient (Wildman–Crippen LogP) is 0.354. The fourth-order valence-electron chi connectivity index (χ4n) is 2.59. The van der Waals surface area contributed by atoms with E-state index in [2.05, 4.69) is 10.1 Å². The number of nitrogens with one attached hydrogen (secondary N) is 1. The lowest BCUT2D eigenvalue weighted by Gasteiger charge is -2.25. The summed E-state index contributed by atoms with van der Waals surface area (Å²) in [7, 11) is 1.47. The van der Waals surface area contributed by atoms with E-state index in [1.54, 1.807) is 29.2 Å². The van der Waals surface area contributed by atoms with Gasteiger partial charge in [-0.05, 0) is 19.4 Å². The Morgan fingerprint density at radius 1 is 0.944 bits per heavy atom. The molecule has 0 spiro atoms. The Morgan fingerprint density at radius 2 is 1.61 bits per heavy atom. The first kappa shape index (κ1) is 30.3. The predicted molar refractivity (Wildman–Crippen MR) is 123 cm³/mol. The van der Waals surface area contributed by atoms with Crippen LogP contribution in [0, 0.1) is 0 Å². The van der Waals surface area contributed by atoms with Crippen molar-refractivity contribution in [3.05, 3.63) is 35.9 Å². The zero-order valence-corrected chi connectivity index (χ0v) is 20.5. The highest BCUT2D eigenvalue weighted by molar-refractivity contribution is 5.84. The molecule has 36 heavy (non-hydrogen) atoms. The van der Waals surface area contributed by atoms with Gasteiger partial charge in [0.05, 0.1) is 13.2 Å². The van der Waals surface area contributed by atoms with Gasteiger partial charge in [0.2, 0.25) is 5.60 Å². The summed E-state index contributed by atoms with van der Waals surface area (Å²) in [5, 5.41) is 10.9. The number of amides is 1. The molecule has 1 amide bonds. The molecule has 2 N–H and O–H groups in total. The monoisotopic (exact) mass is 512 g/mol. The molecule has 0 atom stereocenters. The summed E-state index contributed by atoms with van der Waals surface area (Å²) in [6.07, 6.45) is -0.773. The molecule has 0 bridgehead atoms. The smallest absolute Gasteiger partial charge is 0.407 e. The van der Waals surface area contributed by atoms with E-state index in [0.717, 1.165) is 5.56 Å². The number of methoxy groups -OCH3 is 1. The van der Waals surface area contributed by atoms with Crippen molar-refractivity contribution in [3.63, 3.8) is 0 Å². The number of benzene rings is 1. The molecule has 13 heteroatoms. The molecule has 1 aromatic rings. The van der Waals surface area contributed by atoms with Crippen molar-refractivity contribution in [1.82, 2.24) is 10.2 Å². The number of esters is 3. The Morgan fingerprint density at radius 3 is 2.25 bits per heavy atom. The average Bonchev–Trinajstić information content (AvgIpc) is 2.83. The van der Waals surface area contributed by atoms with Gasteiger partial charge in [-0.3, -0.25) is 14.5 Å². The fourth-order valence-corrected chi connectivity index (χ4v) is 2.59. The molecule has 0 saturated heterocycles. The van der Waals surface area contributed by atoms with Gasteiger partial charge in [0.1, 0.15) is 19.8 Å². The summed E-state index contributed by atoms with van der Waals surface area (Å²) in [5.41, 5.74) is -0.905. The molecule has 1 aromatic carbocycles. The lowest BCUT2D eigenvalue weighted by Crippen LogP contribution is -2.43. The van der Waals surface area contributed by atoms with Crippen LogP contribution < -0.4 is 5.32 Å². The quantitative estimate of drug-likeness (QED) is 0.231. The van der Waals surface area contributed by atoms with E-state index in [0.29, 0.717) is 0 Å². The number of ether oxygens (including phenoxy) is 5. The second-order valence-corrected chi connectivity index (χ2v) is 7.86.